The van der Waals surface area contributed by atoms with E-state index in [1.807, 2.05) is 11.0 Å². The van der Waals surface area contributed by atoms with Gasteiger partial charge in [0.1, 0.15) is 11.5 Å². The van der Waals surface area contributed by atoms with Crippen molar-refractivity contribution in [2.45, 2.75) is 122 Å². The number of Topliss-reactive ketones (excluding diaryl/α,β-unsaturated/α-hetero) is 1. The van der Waals surface area contributed by atoms with Crippen LogP contribution in [0.25, 0.3) is 0 Å². The molecule has 0 aromatic heterocycles. The van der Waals surface area contributed by atoms with Crippen LogP contribution in [0.15, 0.2) is 12.1 Å². The van der Waals surface area contributed by atoms with Crippen LogP contribution >= 0.6 is 0 Å². The van der Waals surface area contributed by atoms with Crippen molar-refractivity contribution in [1.29, 1.82) is 0 Å². The van der Waals surface area contributed by atoms with Crippen LogP contribution in [0.4, 0.5) is 26.7 Å². The van der Waals surface area contributed by atoms with Gasteiger partial charge in [0.05, 0.1) is 0 Å². The maximum absolute atomic E-state index is 13.5. The number of rotatable bonds is 10. The maximum Gasteiger partial charge on any atom is 0.453 e. The molecule has 1 amide bonds. The van der Waals surface area contributed by atoms with Gasteiger partial charge in [0, 0.05) is 66.9 Å². The van der Waals surface area contributed by atoms with Crippen molar-refractivity contribution in [3.63, 3.8) is 0 Å². The molecule has 1 aromatic rings. The Balaban J connectivity index is 1.15. The number of halogens is 5. The first kappa shape index (κ1) is 37.7. The van der Waals surface area contributed by atoms with Crippen molar-refractivity contribution >= 4 is 22.7 Å². The van der Waals surface area contributed by atoms with Gasteiger partial charge in [-0.25, -0.2) is 4.79 Å². The fourth-order valence-corrected chi connectivity index (χ4v) is 11.3. The number of carbonyl (C=O) groups is 2. The third-order valence-corrected chi connectivity index (χ3v) is 14.7. The molecule has 1 aromatic carbocycles. The van der Waals surface area contributed by atoms with Crippen molar-refractivity contribution in [2.75, 3.05) is 37.8 Å². The van der Waals surface area contributed by atoms with Crippen molar-refractivity contribution in [2.24, 2.45) is 28.6 Å². The molecular formula is C38H52F5NO5S. The Morgan fingerprint density at radius 2 is 1.72 bits per heavy atom. The SMILES string of the molecule is CCc1cc2c(cc1OC(=O)N1CCC3(CCOCC3)CC1)C[C@@H](CCCS(=O)CCCC(F)(F)C(F)(F)F)[C@@H]1[C@@H]2CC[C@]2(C)C(=O)CC[C@@H]12. The highest BCUT2D eigenvalue weighted by Gasteiger charge is 2.57. The summed E-state index contributed by atoms with van der Waals surface area (Å²) in [5.41, 5.74) is 3.31. The highest BCUT2D eigenvalue weighted by atomic mass is 32.2. The van der Waals surface area contributed by atoms with E-state index >= 15 is 0 Å². The molecule has 2 heterocycles. The summed E-state index contributed by atoms with van der Waals surface area (Å²) < 4.78 is 88.8. The van der Waals surface area contributed by atoms with E-state index in [0.29, 0.717) is 43.9 Å². The van der Waals surface area contributed by atoms with Gasteiger partial charge in [-0.05, 0) is 129 Å². The van der Waals surface area contributed by atoms with Crippen molar-refractivity contribution in [1.82, 2.24) is 4.90 Å². The van der Waals surface area contributed by atoms with Gasteiger partial charge < -0.3 is 14.4 Å². The summed E-state index contributed by atoms with van der Waals surface area (Å²) in [6, 6.07) is 4.27. The molecule has 0 N–H and O–H groups in total. The largest absolute Gasteiger partial charge is 0.453 e. The molecule has 1 unspecified atom stereocenters. The highest BCUT2D eigenvalue weighted by Crippen LogP contribution is 2.62. The summed E-state index contributed by atoms with van der Waals surface area (Å²) in [6.45, 7) is 7.08. The molecular weight excluding hydrogens is 677 g/mol. The summed E-state index contributed by atoms with van der Waals surface area (Å²) in [4.78, 5) is 28.4. The molecule has 2 aliphatic heterocycles. The number of hydrogen-bond donors (Lipinski definition) is 0. The minimum Gasteiger partial charge on any atom is -0.410 e. The van der Waals surface area contributed by atoms with Crippen molar-refractivity contribution in [3.8, 4) is 5.75 Å². The van der Waals surface area contributed by atoms with Crippen LogP contribution in [-0.2, 0) is 33.2 Å². The molecule has 1 spiro atoms. The van der Waals surface area contributed by atoms with E-state index in [-0.39, 0.29) is 52.1 Å². The zero-order valence-corrected chi connectivity index (χ0v) is 30.2. The topological polar surface area (TPSA) is 72.9 Å². The van der Waals surface area contributed by atoms with E-state index in [1.54, 1.807) is 0 Å². The number of benzene rings is 1. The Morgan fingerprint density at radius 1 is 1.02 bits per heavy atom. The van der Waals surface area contributed by atoms with Gasteiger partial charge in [-0.2, -0.15) is 22.0 Å². The van der Waals surface area contributed by atoms with Crippen LogP contribution in [0.2, 0.25) is 0 Å². The predicted molar refractivity (Wildman–Crippen MR) is 181 cm³/mol. The number of likely N-dealkylation sites (tertiary alicyclic amines) is 1. The van der Waals surface area contributed by atoms with Gasteiger partial charge in [-0.15, -0.1) is 0 Å². The molecule has 0 bridgehead atoms. The van der Waals surface area contributed by atoms with Crippen LogP contribution in [0.3, 0.4) is 0 Å². The van der Waals surface area contributed by atoms with Crippen LogP contribution in [0, 0.1) is 28.6 Å². The third kappa shape index (κ3) is 7.53. The van der Waals surface area contributed by atoms with Crippen LogP contribution in [0.5, 0.6) is 5.75 Å². The molecule has 6 atom stereocenters. The number of fused-ring (bicyclic) bond motifs is 5. The van der Waals surface area contributed by atoms with Gasteiger partial charge in [-0.3, -0.25) is 9.00 Å². The molecule has 280 valence electrons. The second-order valence-corrected chi connectivity index (χ2v) is 17.6. The van der Waals surface area contributed by atoms with Gasteiger partial charge in [0.25, 0.3) is 0 Å². The molecule has 5 aliphatic rings. The second kappa shape index (κ2) is 14.7. The fraction of sp³-hybridized carbons (Fsp3) is 0.789. The molecule has 4 fully saturated rings. The molecule has 6 nitrogen and oxygen atoms in total. The van der Waals surface area contributed by atoms with E-state index in [0.717, 1.165) is 82.1 Å². The minimum atomic E-state index is -5.60. The molecule has 3 aliphatic carbocycles. The number of alkyl halides is 5. The smallest absolute Gasteiger partial charge is 0.410 e. The van der Waals surface area contributed by atoms with E-state index in [9.17, 15) is 35.8 Å². The van der Waals surface area contributed by atoms with E-state index in [1.165, 1.54) is 5.56 Å². The van der Waals surface area contributed by atoms with Gasteiger partial charge in [-0.1, -0.05) is 19.9 Å². The van der Waals surface area contributed by atoms with Crippen molar-refractivity contribution < 1.29 is 45.2 Å². The lowest BCUT2D eigenvalue weighted by molar-refractivity contribution is -0.284. The summed E-state index contributed by atoms with van der Waals surface area (Å²) in [5.74, 6) is -2.88. The Kier molecular flexibility index (Phi) is 11.1. The normalized spacial score (nSPS) is 30.1. The maximum atomic E-state index is 13.5. The average molecular weight is 730 g/mol. The quantitative estimate of drug-likeness (QED) is 0.225. The summed E-state index contributed by atoms with van der Waals surface area (Å²) in [6.07, 6.45) is 2.09. The molecule has 6 rings (SSSR count). The molecule has 2 saturated carbocycles. The lowest BCUT2D eigenvalue weighted by atomic mass is 9.52. The van der Waals surface area contributed by atoms with Gasteiger partial charge >= 0.3 is 18.2 Å². The zero-order chi connectivity index (χ0) is 35.9. The molecule has 12 heteroatoms. The van der Waals surface area contributed by atoms with Crippen LogP contribution < -0.4 is 4.74 Å². The average Bonchev–Trinajstić information content (AvgIpc) is 3.38. The number of ketones is 1. The van der Waals surface area contributed by atoms with Crippen molar-refractivity contribution in [3.05, 3.63) is 28.8 Å². The van der Waals surface area contributed by atoms with Crippen LogP contribution in [-0.4, -0.2) is 70.9 Å². The number of aryl methyl sites for hydroxylation is 1. The zero-order valence-electron chi connectivity index (χ0n) is 29.4. The fourth-order valence-electron chi connectivity index (χ4n) is 10.1. The highest BCUT2D eigenvalue weighted by molar-refractivity contribution is 7.84. The number of hydrogen-bond acceptors (Lipinski definition) is 5. The Morgan fingerprint density at radius 3 is 2.40 bits per heavy atom. The number of piperidine rings is 1. The summed E-state index contributed by atoms with van der Waals surface area (Å²) in [7, 11) is -1.50. The monoisotopic (exact) mass is 729 g/mol. The summed E-state index contributed by atoms with van der Waals surface area (Å²) in [5, 5.41) is 0. The van der Waals surface area contributed by atoms with Crippen LogP contribution in [0.1, 0.15) is 114 Å². The van der Waals surface area contributed by atoms with Gasteiger partial charge in [0.2, 0.25) is 0 Å². The minimum absolute atomic E-state index is 0.184. The predicted octanol–water partition coefficient (Wildman–Crippen LogP) is 8.80. The first-order valence-corrected chi connectivity index (χ1v) is 20.2. The van der Waals surface area contributed by atoms with E-state index in [4.69, 9.17) is 9.47 Å². The molecule has 0 radical (unpaired) electrons. The number of nitrogens with zero attached hydrogens (tertiary/aromatic N) is 1. The lowest BCUT2D eigenvalue weighted by Gasteiger charge is -2.52. The number of ether oxygens (including phenoxy) is 2. The van der Waals surface area contributed by atoms with Gasteiger partial charge in [0.15, 0.2) is 0 Å². The lowest BCUT2D eigenvalue weighted by Crippen LogP contribution is -2.46. The standard InChI is InChI=1S/C38H52F5NO5S/c1-3-25-23-29-27(24-31(25)49-34(46)44-16-12-36(13-17-44)14-18-48-19-15-36)22-26(33-28(29)9-11-35(2)30(33)7-8-32(35)45)6-4-20-50(47)21-5-10-37(39,40)38(41,42)43/h23-24,26,28,30,33H,3-22H2,1-2H3/t26-,28-,30+,33-,35+,50?/m1/s1. The van der Waals surface area contributed by atoms with E-state index in [2.05, 4.69) is 19.9 Å². The summed E-state index contributed by atoms with van der Waals surface area (Å²) >= 11 is 0. The first-order valence-electron chi connectivity index (χ1n) is 18.7. The molecule has 50 heavy (non-hydrogen) atoms. The number of amides is 1. The Hall–Kier alpha value is -2.08. The molecule has 2 saturated heterocycles. The van der Waals surface area contributed by atoms with E-state index < -0.39 is 35.7 Å². The Labute approximate surface area is 295 Å². The third-order valence-electron chi connectivity index (χ3n) is 13.2. The second-order valence-electron chi connectivity index (χ2n) is 15.9. The number of carbonyl (C=O) groups excluding carboxylic acids is 2. The first-order chi connectivity index (χ1) is 23.7. The Bertz CT molecular complexity index is 1430.